The number of amides is 1. The van der Waals surface area contributed by atoms with E-state index in [0.717, 1.165) is 22.5 Å². The average Bonchev–Trinajstić information content (AvgIpc) is 2.51. The van der Waals surface area contributed by atoms with Crippen molar-refractivity contribution in [2.24, 2.45) is 0 Å². The first-order valence-electron chi connectivity index (χ1n) is 7.80. The second-order valence-corrected chi connectivity index (χ2v) is 6.61. The van der Waals surface area contributed by atoms with E-state index in [1.54, 1.807) is 24.3 Å². The number of nitrogens with zero attached hydrogens (tertiary/aromatic N) is 1. The number of aliphatic hydroxyl groups excluding tert-OH is 1. The van der Waals surface area contributed by atoms with Gasteiger partial charge in [0.15, 0.2) is 0 Å². The molecule has 2 N–H and O–H groups in total. The van der Waals surface area contributed by atoms with Crippen LogP contribution in [0.2, 0.25) is 5.02 Å². The molecule has 2 rings (SSSR count). The number of halogens is 1. The van der Waals surface area contributed by atoms with Crippen molar-refractivity contribution < 1.29 is 9.90 Å². The lowest BCUT2D eigenvalue weighted by atomic mass is 10.0. The van der Waals surface area contributed by atoms with E-state index in [2.05, 4.69) is 5.32 Å². The van der Waals surface area contributed by atoms with E-state index in [1.807, 2.05) is 45.0 Å². The standard InChI is InChI=1S/C19H23ClN2O2/c1-12-9-16(22(3)4)10-13(2)19(12)21-18(24)11-17(23)14-5-7-15(20)8-6-14/h5-10,17,23H,11H2,1-4H3,(H,21,24). The van der Waals surface area contributed by atoms with Crippen molar-refractivity contribution in [3.8, 4) is 0 Å². The maximum absolute atomic E-state index is 12.3. The minimum Gasteiger partial charge on any atom is -0.388 e. The minimum absolute atomic E-state index is 0.00402. The van der Waals surface area contributed by atoms with Crippen molar-refractivity contribution in [2.45, 2.75) is 26.4 Å². The van der Waals surface area contributed by atoms with Gasteiger partial charge in [-0.1, -0.05) is 23.7 Å². The van der Waals surface area contributed by atoms with Crippen molar-refractivity contribution in [3.63, 3.8) is 0 Å². The highest BCUT2D eigenvalue weighted by molar-refractivity contribution is 6.30. The first-order valence-corrected chi connectivity index (χ1v) is 8.17. The Morgan fingerprint density at radius 3 is 2.21 bits per heavy atom. The van der Waals surface area contributed by atoms with Gasteiger partial charge < -0.3 is 15.3 Å². The van der Waals surface area contributed by atoms with Crippen LogP contribution in [0.4, 0.5) is 11.4 Å². The molecule has 0 radical (unpaired) electrons. The lowest BCUT2D eigenvalue weighted by molar-refractivity contribution is -0.118. The van der Waals surface area contributed by atoms with Crippen molar-refractivity contribution in [3.05, 3.63) is 58.1 Å². The molecule has 24 heavy (non-hydrogen) atoms. The number of aliphatic hydroxyl groups is 1. The van der Waals surface area contributed by atoms with Crippen LogP contribution in [0.5, 0.6) is 0 Å². The van der Waals surface area contributed by atoms with Crippen LogP contribution < -0.4 is 10.2 Å². The molecule has 0 aliphatic heterocycles. The Kier molecular flexibility index (Phi) is 5.86. The lowest BCUT2D eigenvalue weighted by Crippen LogP contribution is -2.17. The van der Waals surface area contributed by atoms with Gasteiger partial charge in [0, 0.05) is 30.5 Å². The molecule has 0 aliphatic carbocycles. The lowest BCUT2D eigenvalue weighted by Gasteiger charge is -2.19. The summed E-state index contributed by atoms with van der Waals surface area (Å²) < 4.78 is 0. The van der Waals surface area contributed by atoms with Crippen LogP contribution in [0.15, 0.2) is 36.4 Å². The SMILES string of the molecule is Cc1cc(N(C)C)cc(C)c1NC(=O)CC(O)c1ccc(Cl)cc1. The molecule has 0 saturated heterocycles. The molecule has 0 spiro atoms. The zero-order valence-corrected chi connectivity index (χ0v) is 15.2. The highest BCUT2D eigenvalue weighted by atomic mass is 35.5. The molecule has 5 heteroatoms. The second-order valence-electron chi connectivity index (χ2n) is 6.17. The van der Waals surface area contributed by atoms with Crippen LogP contribution in [0, 0.1) is 13.8 Å². The number of hydrogen-bond donors (Lipinski definition) is 2. The molecule has 0 heterocycles. The normalized spacial score (nSPS) is 11.9. The summed E-state index contributed by atoms with van der Waals surface area (Å²) in [6.07, 6.45) is -0.861. The summed E-state index contributed by atoms with van der Waals surface area (Å²) in [5.74, 6) is -0.221. The molecule has 4 nitrogen and oxygen atoms in total. The van der Waals surface area contributed by atoms with E-state index in [9.17, 15) is 9.90 Å². The molecule has 2 aromatic carbocycles. The van der Waals surface area contributed by atoms with E-state index in [0.29, 0.717) is 10.6 Å². The third-order valence-electron chi connectivity index (χ3n) is 3.93. The maximum Gasteiger partial charge on any atom is 0.227 e. The van der Waals surface area contributed by atoms with Gasteiger partial charge in [0.1, 0.15) is 0 Å². The molecule has 1 unspecified atom stereocenters. The van der Waals surface area contributed by atoms with Gasteiger partial charge in [0.2, 0.25) is 5.91 Å². The Morgan fingerprint density at radius 1 is 1.17 bits per heavy atom. The Labute approximate surface area is 148 Å². The summed E-state index contributed by atoms with van der Waals surface area (Å²) >= 11 is 5.83. The third kappa shape index (κ3) is 4.49. The predicted octanol–water partition coefficient (Wildman–Crippen LogP) is 4.09. The first-order chi connectivity index (χ1) is 11.3. The molecule has 0 fully saturated rings. The smallest absolute Gasteiger partial charge is 0.227 e. The summed E-state index contributed by atoms with van der Waals surface area (Å²) in [7, 11) is 3.96. The van der Waals surface area contributed by atoms with Crippen LogP contribution in [0.1, 0.15) is 29.2 Å². The number of carbonyl (C=O) groups excluding carboxylic acids is 1. The largest absolute Gasteiger partial charge is 0.388 e. The van der Waals surface area contributed by atoms with Crippen LogP contribution in [0.25, 0.3) is 0 Å². The van der Waals surface area contributed by atoms with Crippen LogP contribution in [-0.4, -0.2) is 25.1 Å². The first kappa shape index (κ1) is 18.3. The Balaban J connectivity index is 2.08. The predicted molar refractivity (Wildman–Crippen MR) is 99.9 cm³/mol. The quantitative estimate of drug-likeness (QED) is 0.857. The molecule has 1 atom stereocenters. The molecule has 0 bridgehead atoms. The maximum atomic E-state index is 12.3. The molecule has 1 amide bonds. The summed E-state index contributed by atoms with van der Waals surface area (Å²) in [5.41, 5.74) is 4.55. The van der Waals surface area contributed by atoms with Crippen molar-refractivity contribution in [1.29, 1.82) is 0 Å². The fourth-order valence-corrected chi connectivity index (χ4v) is 2.69. The monoisotopic (exact) mass is 346 g/mol. The van der Waals surface area contributed by atoms with Crippen LogP contribution in [-0.2, 0) is 4.79 Å². The fourth-order valence-electron chi connectivity index (χ4n) is 2.56. The highest BCUT2D eigenvalue weighted by Crippen LogP contribution is 2.27. The van der Waals surface area contributed by atoms with Gasteiger partial charge in [-0.25, -0.2) is 0 Å². The zero-order valence-electron chi connectivity index (χ0n) is 14.4. The van der Waals surface area contributed by atoms with Gasteiger partial charge in [0.05, 0.1) is 12.5 Å². The minimum atomic E-state index is -0.857. The number of carbonyl (C=O) groups is 1. The molecule has 0 aromatic heterocycles. The summed E-state index contributed by atoms with van der Waals surface area (Å²) in [4.78, 5) is 14.3. The van der Waals surface area contributed by atoms with Crippen molar-refractivity contribution in [1.82, 2.24) is 0 Å². The summed E-state index contributed by atoms with van der Waals surface area (Å²) in [6.45, 7) is 3.93. The van der Waals surface area contributed by atoms with Gasteiger partial charge in [-0.05, 0) is 54.8 Å². The number of anilines is 2. The Hall–Kier alpha value is -2.04. The Morgan fingerprint density at radius 2 is 1.71 bits per heavy atom. The van der Waals surface area contributed by atoms with E-state index in [4.69, 9.17) is 11.6 Å². The van der Waals surface area contributed by atoms with Crippen LogP contribution in [0.3, 0.4) is 0 Å². The van der Waals surface area contributed by atoms with Crippen molar-refractivity contribution >= 4 is 28.9 Å². The molecule has 2 aromatic rings. The topological polar surface area (TPSA) is 52.6 Å². The second kappa shape index (κ2) is 7.69. The number of rotatable bonds is 5. The average molecular weight is 347 g/mol. The van der Waals surface area contributed by atoms with E-state index >= 15 is 0 Å². The summed E-state index contributed by atoms with van der Waals surface area (Å²) in [5, 5.41) is 13.7. The van der Waals surface area contributed by atoms with Crippen molar-refractivity contribution in [2.75, 3.05) is 24.3 Å². The number of hydrogen-bond acceptors (Lipinski definition) is 3. The molecule has 128 valence electrons. The number of nitrogens with one attached hydrogen (secondary N) is 1. The van der Waals surface area contributed by atoms with Gasteiger partial charge >= 0.3 is 0 Å². The van der Waals surface area contributed by atoms with Gasteiger partial charge in [-0.15, -0.1) is 0 Å². The molecule has 0 aliphatic rings. The fraction of sp³-hybridized carbons (Fsp3) is 0.316. The van der Waals surface area contributed by atoms with E-state index in [-0.39, 0.29) is 12.3 Å². The van der Waals surface area contributed by atoms with E-state index < -0.39 is 6.10 Å². The summed E-state index contributed by atoms with van der Waals surface area (Å²) in [6, 6.07) is 10.9. The molecule has 0 saturated carbocycles. The van der Waals surface area contributed by atoms with Gasteiger partial charge in [-0.2, -0.15) is 0 Å². The zero-order chi connectivity index (χ0) is 17.9. The highest BCUT2D eigenvalue weighted by Gasteiger charge is 2.15. The third-order valence-corrected chi connectivity index (χ3v) is 4.18. The number of aryl methyl sites for hydroxylation is 2. The molecular formula is C19H23ClN2O2. The number of benzene rings is 2. The van der Waals surface area contributed by atoms with Gasteiger partial charge in [0.25, 0.3) is 0 Å². The van der Waals surface area contributed by atoms with E-state index in [1.165, 1.54) is 0 Å². The van der Waals surface area contributed by atoms with Gasteiger partial charge in [-0.3, -0.25) is 4.79 Å². The molecular weight excluding hydrogens is 324 g/mol. The Bertz CT molecular complexity index is 704. The van der Waals surface area contributed by atoms with Crippen LogP contribution >= 0.6 is 11.6 Å².